The van der Waals surface area contributed by atoms with E-state index in [9.17, 15) is 5.11 Å². The van der Waals surface area contributed by atoms with Crippen LogP contribution in [0.25, 0.3) is 0 Å². The van der Waals surface area contributed by atoms with Crippen molar-refractivity contribution in [3.05, 3.63) is 0 Å². The van der Waals surface area contributed by atoms with E-state index in [-0.39, 0.29) is 6.10 Å². The number of aliphatic hydroxyl groups is 1. The second-order valence-electron chi connectivity index (χ2n) is 5.71. The highest BCUT2D eigenvalue weighted by atomic mass is 16.5. The van der Waals surface area contributed by atoms with Gasteiger partial charge in [-0.25, -0.2) is 0 Å². The van der Waals surface area contributed by atoms with Gasteiger partial charge in [-0.2, -0.15) is 0 Å². The highest BCUT2D eigenvalue weighted by Crippen LogP contribution is 2.18. The van der Waals surface area contributed by atoms with E-state index in [1.807, 2.05) is 0 Å². The van der Waals surface area contributed by atoms with Gasteiger partial charge in [-0.3, -0.25) is 4.90 Å². The Morgan fingerprint density at radius 1 is 1.16 bits per heavy atom. The van der Waals surface area contributed by atoms with E-state index in [0.29, 0.717) is 18.5 Å². The van der Waals surface area contributed by atoms with Gasteiger partial charge >= 0.3 is 0 Å². The third-order valence-electron chi connectivity index (χ3n) is 4.22. The molecule has 2 saturated heterocycles. The van der Waals surface area contributed by atoms with E-state index >= 15 is 0 Å². The maximum Gasteiger partial charge on any atom is 0.0791 e. The lowest BCUT2D eigenvalue weighted by atomic mass is 9.93. The molecule has 2 fully saturated rings. The summed E-state index contributed by atoms with van der Waals surface area (Å²) in [7, 11) is 0. The summed E-state index contributed by atoms with van der Waals surface area (Å²) in [5.41, 5.74) is 0. The molecule has 0 saturated carbocycles. The Hall–Kier alpha value is -0.200. The second kappa shape index (κ2) is 8.17. The molecule has 0 radical (unpaired) electrons. The third-order valence-corrected chi connectivity index (χ3v) is 4.22. The van der Waals surface area contributed by atoms with E-state index < -0.39 is 0 Å². The van der Waals surface area contributed by atoms with Crippen molar-refractivity contribution in [2.24, 2.45) is 5.92 Å². The summed E-state index contributed by atoms with van der Waals surface area (Å²) in [5.74, 6) is 0.685. The maximum atomic E-state index is 10.1. The first-order chi connectivity index (χ1) is 9.25. The zero-order valence-electron chi connectivity index (χ0n) is 12.0. The number of ether oxygens (including phenoxy) is 2. The molecule has 0 aromatic carbocycles. The molecule has 2 aliphatic heterocycles. The van der Waals surface area contributed by atoms with Crippen LogP contribution in [0.1, 0.15) is 19.8 Å². The lowest BCUT2D eigenvalue weighted by Crippen LogP contribution is -2.46. The molecule has 5 nitrogen and oxygen atoms in total. The first-order valence-electron chi connectivity index (χ1n) is 7.55. The minimum Gasteiger partial charge on any atom is -0.390 e. The second-order valence-corrected chi connectivity index (χ2v) is 5.71. The van der Waals surface area contributed by atoms with Crippen LogP contribution in [-0.4, -0.2) is 74.8 Å². The van der Waals surface area contributed by atoms with Gasteiger partial charge < -0.3 is 19.9 Å². The predicted molar refractivity (Wildman–Crippen MR) is 74.3 cm³/mol. The average Bonchev–Trinajstić information content (AvgIpc) is 2.47. The normalized spacial score (nSPS) is 26.2. The average molecular weight is 272 g/mol. The Labute approximate surface area is 116 Å². The highest BCUT2D eigenvalue weighted by Gasteiger charge is 2.21. The van der Waals surface area contributed by atoms with Crippen molar-refractivity contribution in [1.29, 1.82) is 0 Å². The molecule has 2 N–H and O–H groups in total. The number of morpholine rings is 1. The standard InChI is InChI=1S/C14H28N2O3/c1-12(13-2-6-18-7-3-13)15-10-14(17)11-16-4-8-19-9-5-16/h12-15,17H,2-11H2,1H3. The Morgan fingerprint density at radius 2 is 1.79 bits per heavy atom. The summed E-state index contributed by atoms with van der Waals surface area (Å²) in [4.78, 5) is 2.27. The van der Waals surface area contributed by atoms with Gasteiger partial charge in [0.2, 0.25) is 0 Å². The number of nitrogens with one attached hydrogen (secondary N) is 1. The molecule has 2 atom stereocenters. The fourth-order valence-electron chi connectivity index (χ4n) is 2.85. The number of β-amino-alcohol motifs (C(OH)–C–C–N with tert-alkyl or cyclic N) is 1. The number of hydrogen-bond donors (Lipinski definition) is 2. The zero-order valence-corrected chi connectivity index (χ0v) is 12.0. The number of aliphatic hydroxyl groups excluding tert-OH is 1. The first-order valence-corrected chi connectivity index (χ1v) is 7.55. The summed E-state index contributed by atoms with van der Waals surface area (Å²) in [6.45, 7) is 8.86. The number of hydrogen-bond acceptors (Lipinski definition) is 5. The van der Waals surface area contributed by atoms with Crippen LogP contribution in [-0.2, 0) is 9.47 Å². The van der Waals surface area contributed by atoms with Gasteiger partial charge in [0, 0.05) is 45.4 Å². The molecule has 2 unspecified atom stereocenters. The van der Waals surface area contributed by atoms with Crippen molar-refractivity contribution >= 4 is 0 Å². The molecule has 0 aromatic heterocycles. The zero-order chi connectivity index (χ0) is 13.5. The maximum absolute atomic E-state index is 10.1. The van der Waals surface area contributed by atoms with Gasteiger partial charge in [0.05, 0.1) is 19.3 Å². The molecule has 19 heavy (non-hydrogen) atoms. The van der Waals surface area contributed by atoms with Crippen LogP contribution in [0.15, 0.2) is 0 Å². The molecule has 2 aliphatic rings. The molecular weight excluding hydrogens is 244 g/mol. The number of rotatable bonds is 6. The fourth-order valence-corrected chi connectivity index (χ4v) is 2.85. The fraction of sp³-hybridized carbons (Fsp3) is 1.00. The number of nitrogens with zero attached hydrogens (tertiary/aromatic N) is 1. The molecule has 0 aromatic rings. The van der Waals surface area contributed by atoms with Crippen molar-refractivity contribution in [1.82, 2.24) is 10.2 Å². The van der Waals surface area contributed by atoms with Crippen LogP contribution in [0, 0.1) is 5.92 Å². The summed E-state index contributed by atoms with van der Waals surface area (Å²) in [6, 6.07) is 0.461. The largest absolute Gasteiger partial charge is 0.390 e. The Kier molecular flexibility index (Phi) is 6.53. The van der Waals surface area contributed by atoms with Crippen LogP contribution >= 0.6 is 0 Å². The summed E-state index contributed by atoms with van der Waals surface area (Å²) >= 11 is 0. The quantitative estimate of drug-likeness (QED) is 0.717. The Morgan fingerprint density at radius 3 is 2.47 bits per heavy atom. The van der Waals surface area contributed by atoms with E-state index in [4.69, 9.17) is 9.47 Å². The lowest BCUT2D eigenvalue weighted by Gasteiger charge is -2.31. The topological polar surface area (TPSA) is 54.0 Å². The minimum absolute atomic E-state index is 0.291. The van der Waals surface area contributed by atoms with E-state index in [1.54, 1.807) is 0 Å². The van der Waals surface area contributed by atoms with Crippen LogP contribution in [0.3, 0.4) is 0 Å². The SMILES string of the molecule is CC(NCC(O)CN1CCOCC1)C1CCOCC1. The summed E-state index contributed by atoms with van der Waals surface area (Å²) in [6.07, 6.45) is 1.97. The third kappa shape index (κ3) is 5.36. The van der Waals surface area contributed by atoms with Crippen molar-refractivity contribution < 1.29 is 14.6 Å². The monoisotopic (exact) mass is 272 g/mol. The minimum atomic E-state index is -0.291. The summed E-state index contributed by atoms with van der Waals surface area (Å²) < 4.78 is 10.7. The van der Waals surface area contributed by atoms with E-state index in [1.165, 1.54) is 0 Å². The molecule has 2 rings (SSSR count). The van der Waals surface area contributed by atoms with Crippen molar-refractivity contribution in [3.63, 3.8) is 0 Å². The molecule has 2 heterocycles. The predicted octanol–water partition coefficient (Wildman–Crippen LogP) is 0.0842. The summed E-state index contributed by atoms with van der Waals surface area (Å²) in [5, 5.41) is 13.6. The van der Waals surface area contributed by atoms with Crippen LogP contribution in [0.2, 0.25) is 0 Å². The van der Waals surface area contributed by atoms with Gasteiger partial charge in [-0.05, 0) is 25.7 Å². The molecule has 0 spiro atoms. The Balaban J connectivity index is 1.60. The smallest absolute Gasteiger partial charge is 0.0791 e. The van der Waals surface area contributed by atoms with Gasteiger partial charge in [0.1, 0.15) is 0 Å². The van der Waals surface area contributed by atoms with Crippen molar-refractivity contribution in [2.75, 3.05) is 52.6 Å². The van der Waals surface area contributed by atoms with Crippen molar-refractivity contribution in [2.45, 2.75) is 31.9 Å². The molecule has 0 amide bonds. The van der Waals surface area contributed by atoms with Gasteiger partial charge in [-0.1, -0.05) is 0 Å². The molecule has 5 heteroatoms. The molecule has 0 bridgehead atoms. The van der Waals surface area contributed by atoms with Crippen LogP contribution in [0.5, 0.6) is 0 Å². The van der Waals surface area contributed by atoms with Crippen molar-refractivity contribution in [3.8, 4) is 0 Å². The molecule has 0 aliphatic carbocycles. The van der Waals surface area contributed by atoms with Gasteiger partial charge in [-0.15, -0.1) is 0 Å². The molecular formula is C14H28N2O3. The Bertz CT molecular complexity index is 241. The lowest BCUT2D eigenvalue weighted by molar-refractivity contribution is 0.0131. The highest BCUT2D eigenvalue weighted by molar-refractivity contribution is 4.77. The van der Waals surface area contributed by atoms with E-state index in [2.05, 4.69) is 17.1 Å². The van der Waals surface area contributed by atoms with Gasteiger partial charge in [0.25, 0.3) is 0 Å². The van der Waals surface area contributed by atoms with Crippen LogP contribution in [0.4, 0.5) is 0 Å². The first kappa shape index (κ1) is 15.2. The van der Waals surface area contributed by atoms with Gasteiger partial charge in [0.15, 0.2) is 0 Å². The van der Waals surface area contributed by atoms with E-state index in [0.717, 1.165) is 58.9 Å². The van der Waals surface area contributed by atoms with Crippen LogP contribution < -0.4 is 5.32 Å². The molecule has 112 valence electrons.